The first-order chi connectivity index (χ1) is 11.2. The van der Waals surface area contributed by atoms with Crippen molar-refractivity contribution in [2.45, 2.75) is 33.2 Å². The number of benzene rings is 1. The highest BCUT2D eigenvalue weighted by atomic mass is 79.9. The van der Waals surface area contributed by atoms with Crippen molar-refractivity contribution in [2.75, 3.05) is 11.9 Å². The van der Waals surface area contributed by atoms with Crippen LogP contribution in [0.2, 0.25) is 0 Å². The molecule has 0 unspecified atom stereocenters. The van der Waals surface area contributed by atoms with E-state index in [0.717, 1.165) is 10.0 Å². The van der Waals surface area contributed by atoms with Crippen LogP contribution in [0.25, 0.3) is 0 Å². The zero-order valence-corrected chi connectivity index (χ0v) is 15.6. The predicted octanol–water partition coefficient (Wildman–Crippen LogP) is 1.90. The molecule has 0 aromatic heterocycles. The van der Waals surface area contributed by atoms with E-state index in [0.29, 0.717) is 12.1 Å². The molecule has 132 valence electrons. The highest BCUT2D eigenvalue weighted by Crippen LogP contribution is 2.19. The Balaban J connectivity index is 2.60. The number of rotatable bonds is 7. The van der Waals surface area contributed by atoms with Crippen molar-refractivity contribution in [2.24, 2.45) is 11.7 Å². The molecule has 24 heavy (non-hydrogen) atoms. The Labute approximate surface area is 149 Å². The predicted molar refractivity (Wildman–Crippen MR) is 96.5 cm³/mol. The number of urea groups is 1. The van der Waals surface area contributed by atoms with Gasteiger partial charge in [0.15, 0.2) is 0 Å². The number of carbonyl (C=O) groups excluding carboxylic acids is 3. The number of nitrogens with one attached hydrogen (secondary N) is 3. The Kier molecular flexibility index (Phi) is 7.70. The maximum Gasteiger partial charge on any atom is 0.312 e. The number of primary amides is 1. The van der Waals surface area contributed by atoms with E-state index in [1.807, 2.05) is 32.9 Å². The van der Waals surface area contributed by atoms with Gasteiger partial charge in [-0.1, -0.05) is 36.2 Å². The SMILES string of the molecule is CC[C@@H](C)[C@H](NC(N)=O)C(=O)NCC(=O)Nc1ccc(Br)cc1C. The number of aryl methyl sites for hydroxylation is 1. The molecule has 0 radical (unpaired) electrons. The number of hydrogen-bond donors (Lipinski definition) is 4. The van der Waals surface area contributed by atoms with E-state index in [2.05, 4.69) is 31.9 Å². The Morgan fingerprint density at radius 1 is 1.29 bits per heavy atom. The van der Waals surface area contributed by atoms with Crippen LogP contribution in [0.5, 0.6) is 0 Å². The normalized spacial score (nSPS) is 12.8. The highest BCUT2D eigenvalue weighted by Gasteiger charge is 2.25. The van der Waals surface area contributed by atoms with E-state index in [-0.39, 0.29) is 18.4 Å². The quantitative estimate of drug-likeness (QED) is 0.562. The van der Waals surface area contributed by atoms with E-state index in [4.69, 9.17) is 5.73 Å². The minimum Gasteiger partial charge on any atom is -0.352 e. The zero-order chi connectivity index (χ0) is 18.3. The van der Waals surface area contributed by atoms with Gasteiger partial charge in [0, 0.05) is 10.2 Å². The van der Waals surface area contributed by atoms with Gasteiger partial charge in [-0.15, -0.1) is 0 Å². The molecule has 0 heterocycles. The van der Waals surface area contributed by atoms with Crippen molar-refractivity contribution in [3.05, 3.63) is 28.2 Å². The largest absolute Gasteiger partial charge is 0.352 e. The third kappa shape index (κ3) is 6.19. The second-order valence-electron chi connectivity index (χ2n) is 5.60. The van der Waals surface area contributed by atoms with Crippen LogP contribution in [0, 0.1) is 12.8 Å². The topological polar surface area (TPSA) is 113 Å². The zero-order valence-electron chi connectivity index (χ0n) is 14.0. The van der Waals surface area contributed by atoms with Crippen molar-refractivity contribution in [1.82, 2.24) is 10.6 Å². The summed E-state index contributed by atoms with van der Waals surface area (Å²) in [6.07, 6.45) is 0.683. The van der Waals surface area contributed by atoms with Crippen LogP contribution >= 0.6 is 15.9 Å². The van der Waals surface area contributed by atoms with E-state index in [1.165, 1.54) is 0 Å². The molecule has 0 saturated carbocycles. The lowest BCUT2D eigenvalue weighted by molar-refractivity contribution is -0.126. The number of halogens is 1. The highest BCUT2D eigenvalue weighted by molar-refractivity contribution is 9.10. The van der Waals surface area contributed by atoms with Crippen molar-refractivity contribution in [3.8, 4) is 0 Å². The van der Waals surface area contributed by atoms with Gasteiger partial charge in [0.25, 0.3) is 0 Å². The van der Waals surface area contributed by atoms with Gasteiger partial charge in [0.2, 0.25) is 11.8 Å². The summed E-state index contributed by atoms with van der Waals surface area (Å²) >= 11 is 3.35. The molecule has 0 spiro atoms. The number of nitrogens with two attached hydrogens (primary N) is 1. The first kappa shape index (κ1) is 20.0. The molecule has 0 saturated heterocycles. The maximum atomic E-state index is 12.2. The smallest absolute Gasteiger partial charge is 0.312 e. The third-order valence-corrected chi connectivity index (χ3v) is 4.17. The van der Waals surface area contributed by atoms with Gasteiger partial charge in [-0.3, -0.25) is 9.59 Å². The lowest BCUT2D eigenvalue weighted by Crippen LogP contribution is -2.52. The van der Waals surface area contributed by atoms with Crippen LogP contribution in [-0.2, 0) is 9.59 Å². The minimum atomic E-state index is -0.773. The van der Waals surface area contributed by atoms with Crippen LogP contribution in [0.3, 0.4) is 0 Å². The molecule has 1 rings (SSSR count). The van der Waals surface area contributed by atoms with Gasteiger partial charge in [-0.2, -0.15) is 0 Å². The Morgan fingerprint density at radius 2 is 1.96 bits per heavy atom. The van der Waals surface area contributed by atoms with Gasteiger partial charge < -0.3 is 21.7 Å². The summed E-state index contributed by atoms with van der Waals surface area (Å²) in [5, 5.41) is 7.66. The standard InChI is InChI=1S/C16H23BrN4O3/c1-4-9(2)14(21-16(18)24)15(23)19-8-13(22)20-12-6-5-11(17)7-10(12)3/h5-7,9,14H,4,8H2,1-3H3,(H,19,23)(H,20,22)(H3,18,21,24)/t9-,14+/m1/s1. The van der Waals surface area contributed by atoms with Gasteiger partial charge in [-0.05, 0) is 36.6 Å². The molecule has 0 aliphatic carbocycles. The molecule has 0 fully saturated rings. The monoisotopic (exact) mass is 398 g/mol. The molecule has 0 bridgehead atoms. The molecule has 5 N–H and O–H groups in total. The third-order valence-electron chi connectivity index (χ3n) is 3.68. The molecule has 2 atom stereocenters. The first-order valence-corrected chi connectivity index (χ1v) is 8.43. The van der Waals surface area contributed by atoms with Crippen LogP contribution in [-0.4, -0.2) is 30.4 Å². The Hall–Kier alpha value is -2.09. The van der Waals surface area contributed by atoms with E-state index in [9.17, 15) is 14.4 Å². The maximum absolute atomic E-state index is 12.2. The summed E-state index contributed by atoms with van der Waals surface area (Å²) in [5.41, 5.74) is 6.67. The summed E-state index contributed by atoms with van der Waals surface area (Å²) in [6, 6.07) is 3.93. The summed E-state index contributed by atoms with van der Waals surface area (Å²) in [5.74, 6) is -0.893. The summed E-state index contributed by atoms with van der Waals surface area (Å²) < 4.78 is 0.917. The second-order valence-corrected chi connectivity index (χ2v) is 6.51. The lowest BCUT2D eigenvalue weighted by Gasteiger charge is -2.22. The van der Waals surface area contributed by atoms with Crippen LogP contribution < -0.4 is 21.7 Å². The fourth-order valence-electron chi connectivity index (χ4n) is 2.09. The lowest BCUT2D eigenvalue weighted by atomic mass is 9.98. The van der Waals surface area contributed by atoms with Crippen molar-refractivity contribution in [1.29, 1.82) is 0 Å². The van der Waals surface area contributed by atoms with Gasteiger partial charge in [0.05, 0.1) is 6.54 Å². The fraction of sp³-hybridized carbons (Fsp3) is 0.438. The number of hydrogen-bond acceptors (Lipinski definition) is 3. The molecule has 0 aliphatic rings. The molecule has 0 aliphatic heterocycles. The van der Waals surface area contributed by atoms with Crippen molar-refractivity contribution in [3.63, 3.8) is 0 Å². The Bertz CT molecular complexity index is 621. The van der Waals surface area contributed by atoms with Crippen LogP contribution in [0.15, 0.2) is 22.7 Å². The van der Waals surface area contributed by atoms with Gasteiger partial charge >= 0.3 is 6.03 Å². The first-order valence-electron chi connectivity index (χ1n) is 7.64. The summed E-state index contributed by atoms with van der Waals surface area (Å²) in [7, 11) is 0. The average molecular weight is 399 g/mol. The molecular weight excluding hydrogens is 376 g/mol. The number of anilines is 1. The summed E-state index contributed by atoms with van der Waals surface area (Å²) in [6.45, 7) is 5.40. The van der Waals surface area contributed by atoms with Crippen molar-refractivity contribution >= 4 is 39.5 Å². The fourth-order valence-corrected chi connectivity index (χ4v) is 2.57. The molecule has 1 aromatic carbocycles. The van der Waals surface area contributed by atoms with Crippen LogP contribution in [0.4, 0.5) is 10.5 Å². The van der Waals surface area contributed by atoms with Crippen LogP contribution in [0.1, 0.15) is 25.8 Å². The minimum absolute atomic E-state index is 0.103. The van der Waals surface area contributed by atoms with Gasteiger partial charge in [-0.25, -0.2) is 4.79 Å². The van der Waals surface area contributed by atoms with E-state index in [1.54, 1.807) is 6.07 Å². The molecule has 7 nitrogen and oxygen atoms in total. The second kappa shape index (κ2) is 9.27. The van der Waals surface area contributed by atoms with Gasteiger partial charge in [0.1, 0.15) is 6.04 Å². The molecular formula is C16H23BrN4O3. The summed E-state index contributed by atoms with van der Waals surface area (Å²) in [4.78, 5) is 35.2. The molecule has 4 amide bonds. The van der Waals surface area contributed by atoms with Crippen molar-refractivity contribution < 1.29 is 14.4 Å². The molecule has 1 aromatic rings. The number of carbonyl (C=O) groups is 3. The number of amides is 4. The molecule has 8 heteroatoms. The van der Waals surface area contributed by atoms with E-state index >= 15 is 0 Å². The van der Waals surface area contributed by atoms with E-state index < -0.39 is 18.0 Å². The average Bonchev–Trinajstić information content (AvgIpc) is 2.52. The Morgan fingerprint density at radius 3 is 2.50 bits per heavy atom.